The largest absolute Gasteiger partial charge is 0.354 e. The van der Waals surface area contributed by atoms with E-state index in [1.165, 1.54) is 0 Å². The standard InChI is InChI=1S/C18H27N3O3S/c1-3-5-9-13-19-18(22)15(11-6-4-2)20-17-14-10-7-8-12-16(14)25(23,24)21-17/h7-8,10,12,15H,3-6,9,11,13H2,1-2H3,(H,19,22)(H,20,21). The fourth-order valence-electron chi connectivity index (χ4n) is 2.74. The van der Waals surface area contributed by atoms with E-state index < -0.39 is 16.1 Å². The number of nitrogens with zero attached hydrogens (tertiary/aromatic N) is 1. The summed E-state index contributed by atoms with van der Waals surface area (Å²) in [6, 6.07) is 6.12. The number of hydrogen-bond acceptors (Lipinski definition) is 4. The van der Waals surface area contributed by atoms with Gasteiger partial charge < -0.3 is 5.32 Å². The molecule has 138 valence electrons. The number of fused-ring (bicyclic) bond motifs is 1. The second kappa shape index (κ2) is 8.99. The smallest absolute Gasteiger partial charge is 0.263 e. The van der Waals surface area contributed by atoms with Crippen LogP contribution in [0.1, 0.15) is 57.9 Å². The number of amides is 1. The minimum absolute atomic E-state index is 0.138. The highest BCUT2D eigenvalue weighted by Gasteiger charge is 2.31. The van der Waals surface area contributed by atoms with Gasteiger partial charge in [0.1, 0.15) is 11.9 Å². The molecule has 0 spiro atoms. The van der Waals surface area contributed by atoms with Gasteiger partial charge in [-0.1, -0.05) is 51.7 Å². The van der Waals surface area contributed by atoms with Crippen LogP contribution in [0.15, 0.2) is 34.2 Å². The second-order valence-electron chi connectivity index (χ2n) is 6.24. The predicted octanol–water partition coefficient (Wildman–Crippen LogP) is 2.59. The molecule has 1 atom stereocenters. The first-order chi connectivity index (χ1) is 12.0. The lowest BCUT2D eigenvalue weighted by atomic mass is 10.1. The Bertz CT molecular complexity index is 729. The molecule has 1 aromatic rings. The highest BCUT2D eigenvalue weighted by Crippen LogP contribution is 2.23. The summed E-state index contributed by atoms with van der Waals surface area (Å²) in [6.45, 7) is 4.79. The Labute approximate surface area is 150 Å². The van der Waals surface area contributed by atoms with E-state index in [2.05, 4.69) is 28.9 Å². The molecule has 1 unspecified atom stereocenters. The lowest BCUT2D eigenvalue weighted by Gasteiger charge is -2.14. The average molecular weight is 365 g/mol. The number of aliphatic imine (C=N–C) groups is 1. The van der Waals surface area contributed by atoms with Crippen molar-refractivity contribution in [2.24, 2.45) is 4.99 Å². The number of amidine groups is 1. The molecule has 1 amide bonds. The van der Waals surface area contributed by atoms with Crippen molar-refractivity contribution in [2.45, 2.75) is 63.3 Å². The van der Waals surface area contributed by atoms with E-state index in [0.717, 1.165) is 32.1 Å². The molecule has 0 saturated heterocycles. The van der Waals surface area contributed by atoms with Crippen LogP contribution in [0.5, 0.6) is 0 Å². The minimum atomic E-state index is -3.58. The number of hydrogen-bond donors (Lipinski definition) is 2. The SMILES string of the molecule is CCCCCNC(=O)C(CCCC)N=C1NS(=O)(=O)c2ccccc21. The zero-order chi connectivity index (χ0) is 18.3. The van der Waals surface area contributed by atoms with Crippen molar-refractivity contribution in [1.82, 2.24) is 10.0 Å². The Hall–Kier alpha value is -1.89. The van der Waals surface area contributed by atoms with E-state index in [1.807, 2.05) is 0 Å². The Morgan fingerprint density at radius 1 is 1.16 bits per heavy atom. The first-order valence-electron chi connectivity index (χ1n) is 8.97. The number of sulfonamides is 1. The fraction of sp³-hybridized carbons (Fsp3) is 0.556. The fourth-order valence-corrected chi connectivity index (χ4v) is 3.98. The zero-order valence-electron chi connectivity index (χ0n) is 14.9. The van der Waals surface area contributed by atoms with Gasteiger partial charge in [0, 0.05) is 12.1 Å². The molecule has 2 rings (SSSR count). The summed E-state index contributed by atoms with van der Waals surface area (Å²) >= 11 is 0. The first-order valence-corrected chi connectivity index (χ1v) is 10.5. The number of nitrogens with one attached hydrogen (secondary N) is 2. The normalized spacial score (nSPS) is 17.8. The van der Waals surface area contributed by atoms with Gasteiger partial charge in [-0.2, -0.15) is 0 Å². The maximum Gasteiger partial charge on any atom is 0.263 e. The van der Waals surface area contributed by atoms with Gasteiger partial charge in [0.05, 0.1) is 4.90 Å². The van der Waals surface area contributed by atoms with Gasteiger partial charge in [-0.25, -0.2) is 8.42 Å². The van der Waals surface area contributed by atoms with Crippen LogP contribution in [0.2, 0.25) is 0 Å². The predicted molar refractivity (Wildman–Crippen MR) is 99.1 cm³/mol. The average Bonchev–Trinajstić information content (AvgIpc) is 2.86. The van der Waals surface area contributed by atoms with Crippen molar-refractivity contribution < 1.29 is 13.2 Å². The monoisotopic (exact) mass is 365 g/mol. The summed E-state index contributed by atoms with van der Waals surface area (Å²) in [5.41, 5.74) is 0.530. The molecule has 1 heterocycles. The van der Waals surface area contributed by atoms with Crippen molar-refractivity contribution >= 4 is 21.8 Å². The third kappa shape index (κ3) is 5.04. The van der Waals surface area contributed by atoms with Gasteiger partial charge in [-0.3, -0.25) is 14.5 Å². The molecule has 6 nitrogen and oxygen atoms in total. The second-order valence-corrected chi connectivity index (χ2v) is 7.89. The van der Waals surface area contributed by atoms with Crippen LogP contribution in [0.4, 0.5) is 0 Å². The van der Waals surface area contributed by atoms with Crippen LogP contribution in [0, 0.1) is 0 Å². The molecule has 0 radical (unpaired) electrons. The summed E-state index contributed by atoms with van der Waals surface area (Å²) < 4.78 is 26.8. The van der Waals surface area contributed by atoms with E-state index in [0.29, 0.717) is 18.5 Å². The van der Waals surface area contributed by atoms with Gasteiger partial charge in [-0.05, 0) is 25.0 Å². The molecule has 0 bridgehead atoms. The third-order valence-electron chi connectivity index (χ3n) is 4.16. The van der Waals surface area contributed by atoms with Crippen LogP contribution in [-0.2, 0) is 14.8 Å². The molecular weight excluding hydrogens is 338 g/mol. The maximum atomic E-state index is 12.5. The van der Waals surface area contributed by atoms with Gasteiger partial charge in [0.15, 0.2) is 0 Å². The van der Waals surface area contributed by atoms with E-state index >= 15 is 0 Å². The summed E-state index contributed by atoms with van der Waals surface area (Å²) in [4.78, 5) is 17.2. The van der Waals surface area contributed by atoms with Crippen LogP contribution < -0.4 is 10.0 Å². The van der Waals surface area contributed by atoms with E-state index in [9.17, 15) is 13.2 Å². The van der Waals surface area contributed by atoms with Crippen LogP contribution in [-0.4, -0.2) is 32.7 Å². The van der Waals surface area contributed by atoms with E-state index in [-0.39, 0.29) is 16.6 Å². The Balaban J connectivity index is 2.18. The molecule has 1 aliphatic heterocycles. The Morgan fingerprint density at radius 2 is 1.88 bits per heavy atom. The summed E-state index contributed by atoms with van der Waals surface area (Å²) in [6.07, 6.45) is 5.51. The van der Waals surface area contributed by atoms with Crippen molar-refractivity contribution in [1.29, 1.82) is 0 Å². The van der Waals surface area contributed by atoms with Crippen molar-refractivity contribution in [2.75, 3.05) is 6.54 Å². The van der Waals surface area contributed by atoms with E-state index in [4.69, 9.17) is 0 Å². The molecular formula is C18H27N3O3S. The van der Waals surface area contributed by atoms with E-state index in [1.54, 1.807) is 24.3 Å². The van der Waals surface area contributed by atoms with Crippen LogP contribution >= 0.6 is 0 Å². The zero-order valence-corrected chi connectivity index (χ0v) is 15.7. The molecule has 1 aromatic carbocycles. The van der Waals surface area contributed by atoms with Crippen molar-refractivity contribution in [3.05, 3.63) is 29.8 Å². The number of unbranched alkanes of at least 4 members (excludes halogenated alkanes) is 3. The topological polar surface area (TPSA) is 87.6 Å². The Morgan fingerprint density at radius 3 is 2.60 bits per heavy atom. The lowest BCUT2D eigenvalue weighted by Crippen LogP contribution is -2.36. The molecule has 0 aliphatic carbocycles. The highest BCUT2D eigenvalue weighted by molar-refractivity contribution is 7.90. The number of benzene rings is 1. The number of carbonyl (C=O) groups excluding carboxylic acids is 1. The molecule has 0 fully saturated rings. The summed E-state index contributed by atoms with van der Waals surface area (Å²) in [7, 11) is -3.58. The molecule has 25 heavy (non-hydrogen) atoms. The van der Waals surface area contributed by atoms with Crippen molar-refractivity contribution in [3.63, 3.8) is 0 Å². The first kappa shape index (κ1) is 19.4. The molecule has 0 saturated carbocycles. The van der Waals surface area contributed by atoms with Gasteiger partial charge in [-0.15, -0.1) is 0 Å². The minimum Gasteiger partial charge on any atom is -0.354 e. The quantitative estimate of drug-likeness (QED) is 0.659. The lowest BCUT2D eigenvalue weighted by molar-refractivity contribution is -0.122. The molecule has 7 heteroatoms. The molecule has 2 N–H and O–H groups in total. The van der Waals surface area contributed by atoms with Crippen LogP contribution in [0.25, 0.3) is 0 Å². The molecule has 0 aromatic heterocycles. The number of carbonyl (C=O) groups is 1. The van der Waals surface area contributed by atoms with Gasteiger partial charge in [0.25, 0.3) is 10.0 Å². The summed E-state index contributed by atoms with van der Waals surface area (Å²) in [5, 5.41) is 2.92. The summed E-state index contributed by atoms with van der Waals surface area (Å²) in [5.74, 6) is 0.126. The maximum absolute atomic E-state index is 12.5. The third-order valence-corrected chi connectivity index (χ3v) is 5.56. The number of rotatable bonds is 9. The van der Waals surface area contributed by atoms with Gasteiger partial charge in [0.2, 0.25) is 5.91 Å². The molecule has 1 aliphatic rings. The highest BCUT2D eigenvalue weighted by atomic mass is 32.2. The Kier molecular flexibility index (Phi) is 6.99. The van der Waals surface area contributed by atoms with Gasteiger partial charge >= 0.3 is 0 Å². The van der Waals surface area contributed by atoms with Crippen molar-refractivity contribution in [3.8, 4) is 0 Å². The van der Waals surface area contributed by atoms with Crippen LogP contribution in [0.3, 0.4) is 0 Å².